The number of hydrogen-bond donors (Lipinski definition) is 1. The van der Waals surface area contributed by atoms with Gasteiger partial charge in [-0.25, -0.2) is 0 Å². The van der Waals surface area contributed by atoms with E-state index in [0.717, 1.165) is 11.1 Å². The average molecular weight is 402 g/mol. The number of benzene rings is 2. The molecule has 0 aromatic heterocycles. The van der Waals surface area contributed by atoms with Gasteiger partial charge in [0, 0.05) is 23.4 Å². The maximum atomic E-state index is 12.4. The second-order valence-corrected chi connectivity index (χ2v) is 7.05. The van der Waals surface area contributed by atoms with Crippen LogP contribution in [0.25, 0.3) is 0 Å². The number of ether oxygens (including phenoxy) is 1. The fourth-order valence-electron chi connectivity index (χ4n) is 2.80. The van der Waals surface area contributed by atoms with Crippen LogP contribution in [0.1, 0.15) is 52.4 Å². The molecule has 1 amide bonds. The summed E-state index contributed by atoms with van der Waals surface area (Å²) >= 11 is 6.21. The molecule has 0 bridgehead atoms. The minimum absolute atomic E-state index is 0.0217. The van der Waals surface area contributed by atoms with Gasteiger partial charge in [0.25, 0.3) is 0 Å². The van der Waals surface area contributed by atoms with Crippen LogP contribution in [0, 0.1) is 13.8 Å². The number of ketones is 1. The molecule has 0 aliphatic carbocycles. The van der Waals surface area contributed by atoms with E-state index < -0.39 is 12.0 Å². The number of carbonyl (C=O) groups excluding carboxylic acids is 3. The van der Waals surface area contributed by atoms with Crippen molar-refractivity contribution in [2.45, 2.75) is 39.2 Å². The van der Waals surface area contributed by atoms with E-state index >= 15 is 0 Å². The molecule has 0 radical (unpaired) electrons. The van der Waals surface area contributed by atoms with Gasteiger partial charge in [0.2, 0.25) is 5.91 Å². The van der Waals surface area contributed by atoms with Crippen molar-refractivity contribution in [3.8, 4) is 0 Å². The Morgan fingerprint density at radius 2 is 1.75 bits per heavy atom. The van der Waals surface area contributed by atoms with Gasteiger partial charge < -0.3 is 10.1 Å². The van der Waals surface area contributed by atoms with Crippen molar-refractivity contribution in [3.63, 3.8) is 0 Å². The molecular formula is C22H24ClNO4. The molecule has 0 fully saturated rings. The van der Waals surface area contributed by atoms with E-state index in [4.69, 9.17) is 16.3 Å². The van der Waals surface area contributed by atoms with Crippen molar-refractivity contribution in [3.05, 3.63) is 69.7 Å². The maximum Gasteiger partial charge on any atom is 0.307 e. The van der Waals surface area contributed by atoms with Gasteiger partial charge in [-0.2, -0.15) is 0 Å². The first-order valence-corrected chi connectivity index (χ1v) is 9.40. The Morgan fingerprint density at radius 3 is 2.39 bits per heavy atom. The number of Topliss-reactive ketones (excluding diaryl/α,β-unsaturated/α-hetero) is 1. The van der Waals surface area contributed by atoms with Crippen molar-refractivity contribution < 1.29 is 19.1 Å². The standard InChI is InChI=1S/C22H24ClNO4/c1-14-8-9-16(12-15(14)2)20(25)10-11-21(26)24-19(13-22(27)28-3)17-6-4-5-7-18(17)23/h4-9,12,19H,10-11,13H2,1-3H3,(H,24,26). The van der Waals surface area contributed by atoms with Crippen LogP contribution < -0.4 is 5.32 Å². The highest BCUT2D eigenvalue weighted by molar-refractivity contribution is 6.31. The predicted molar refractivity (Wildman–Crippen MR) is 108 cm³/mol. The lowest BCUT2D eigenvalue weighted by Crippen LogP contribution is -2.31. The third-order valence-electron chi connectivity index (χ3n) is 4.62. The second-order valence-electron chi connectivity index (χ2n) is 6.64. The van der Waals surface area contributed by atoms with Gasteiger partial charge in [-0.15, -0.1) is 0 Å². The zero-order chi connectivity index (χ0) is 20.7. The molecule has 2 rings (SSSR count). The highest BCUT2D eigenvalue weighted by Gasteiger charge is 2.21. The summed E-state index contributed by atoms with van der Waals surface area (Å²) in [6, 6.07) is 11.9. The summed E-state index contributed by atoms with van der Waals surface area (Å²) in [4.78, 5) is 36.5. The summed E-state index contributed by atoms with van der Waals surface area (Å²) in [5, 5.41) is 3.24. The van der Waals surface area contributed by atoms with E-state index in [-0.39, 0.29) is 31.0 Å². The summed E-state index contributed by atoms with van der Waals surface area (Å²) in [7, 11) is 1.29. The molecule has 2 aromatic rings. The minimum Gasteiger partial charge on any atom is -0.469 e. The number of rotatable bonds is 8. The van der Waals surface area contributed by atoms with Crippen molar-refractivity contribution in [1.82, 2.24) is 5.32 Å². The SMILES string of the molecule is COC(=O)CC(NC(=O)CCC(=O)c1ccc(C)c(C)c1)c1ccccc1Cl. The van der Waals surface area contributed by atoms with Crippen LogP contribution in [-0.2, 0) is 14.3 Å². The molecule has 5 nitrogen and oxygen atoms in total. The number of carbonyl (C=O) groups is 3. The van der Waals surface area contributed by atoms with E-state index in [1.807, 2.05) is 26.0 Å². The Balaban J connectivity index is 2.02. The number of methoxy groups -OCH3 is 1. The molecule has 0 heterocycles. The first kappa shape index (κ1) is 21.6. The third kappa shape index (κ3) is 5.92. The number of hydrogen-bond acceptors (Lipinski definition) is 4. The van der Waals surface area contributed by atoms with E-state index in [1.54, 1.807) is 30.3 Å². The minimum atomic E-state index is -0.620. The van der Waals surface area contributed by atoms with E-state index in [9.17, 15) is 14.4 Å². The number of nitrogens with one attached hydrogen (secondary N) is 1. The topological polar surface area (TPSA) is 72.5 Å². The Kier molecular flexibility index (Phi) is 7.76. The second kappa shape index (κ2) is 10.0. The molecule has 6 heteroatoms. The average Bonchev–Trinajstić information content (AvgIpc) is 2.68. The zero-order valence-corrected chi connectivity index (χ0v) is 17.0. The van der Waals surface area contributed by atoms with E-state index in [0.29, 0.717) is 16.1 Å². The lowest BCUT2D eigenvalue weighted by atomic mass is 10.0. The monoisotopic (exact) mass is 401 g/mol. The quantitative estimate of drug-likeness (QED) is 0.527. The first-order valence-electron chi connectivity index (χ1n) is 9.03. The number of halogens is 1. The van der Waals surface area contributed by atoms with Crippen molar-refractivity contribution in [1.29, 1.82) is 0 Å². The lowest BCUT2D eigenvalue weighted by Gasteiger charge is -2.19. The Labute approximate surface area is 170 Å². The first-order chi connectivity index (χ1) is 13.3. The van der Waals surface area contributed by atoms with Crippen molar-refractivity contribution in [2.24, 2.45) is 0 Å². The number of amides is 1. The van der Waals surface area contributed by atoms with Crippen LogP contribution >= 0.6 is 11.6 Å². The van der Waals surface area contributed by atoms with Gasteiger partial charge in [0.15, 0.2) is 5.78 Å². The maximum absolute atomic E-state index is 12.4. The molecule has 1 unspecified atom stereocenters. The highest BCUT2D eigenvalue weighted by atomic mass is 35.5. The fourth-order valence-corrected chi connectivity index (χ4v) is 3.07. The molecule has 2 aromatic carbocycles. The summed E-state index contributed by atoms with van der Waals surface area (Å²) in [6.45, 7) is 3.92. The molecule has 0 saturated heterocycles. The van der Waals surface area contributed by atoms with Gasteiger partial charge in [-0.3, -0.25) is 14.4 Å². The molecule has 1 atom stereocenters. The normalized spacial score (nSPS) is 11.6. The molecule has 0 saturated carbocycles. The molecule has 0 spiro atoms. The summed E-state index contributed by atoms with van der Waals surface area (Å²) in [5.41, 5.74) is 3.36. The zero-order valence-electron chi connectivity index (χ0n) is 16.3. The molecule has 0 aliphatic rings. The van der Waals surface area contributed by atoms with Crippen LogP contribution in [0.4, 0.5) is 0 Å². The lowest BCUT2D eigenvalue weighted by molar-refractivity contribution is -0.141. The Morgan fingerprint density at radius 1 is 1.04 bits per heavy atom. The molecule has 148 valence electrons. The predicted octanol–water partition coefficient (Wildman–Crippen LogP) is 4.34. The number of aryl methyl sites for hydroxylation is 2. The fraction of sp³-hybridized carbons (Fsp3) is 0.318. The molecular weight excluding hydrogens is 378 g/mol. The van der Waals surface area contributed by atoms with Crippen LogP contribution in [0.3, 0.4) is 0 Å². The van der Waals surface area contributed by atoms with Gasteiger partial charge in [0.1, 0.15) is 0 Å². The van der Waals surface area contributed by atoms with Gasteiger partial charge in [-0.1, -0.05) is 41.9 Å². The highest BCUT2D eigenvalue weighted by Crippen LogP contribution is 2.25. The van der Waals surface area contributed by atoms with Gasteiger partial charge in [-0.05, 0) is 42.7 Å². The summed E-state index contributed by atoms with van der Waals surface area (Å²) in [5.74, 6) is -0.886. The largest absolute Gasteiger partial charge is 0.469 e. The smallest absolute Gasteiger partial charge is 0.307 e. The molecule has 28 heavy (non-hydrogen) atoms. The van der Waals surface area contributed by atoms with Crippen molar-refractivity contribution >= 4 is 29.3 Å². The Hall–Kier alpha value is -2.66. The van der Waals surface area contributed by atoms with Gasteiger partial charge in [0.05, 0.1) is 19.6 Å². The van der Waals surface area contributed by atoms with E-state index in [1.165, 1.54) is 7.11 Å². The van der Waals surface area contributed by atoms with Crippen molar-refractivity contribution in [2.75, 3.05) is 7.11 Å². The van der Waals surface area contributed by atoms with E-state index in [2.05, 4.69) is 5.32 Å². The summed E-state index contributed by atoms with van der Waals surface area (Å²) < 4.78 is 4.71. The van der Waals surface area contributed by atoms with Crippen LogP contribution in [0.5, 0.6) is 0 Å². The third-order valence-corrected chi connectivity index (χ3v) is 4.97. The number of esters is 1. The van der Waals surface area contributed by atoms with Crippen LogP contribution in [-0.4, -0.2) is 24.8 Å². The van der Waals surface area contributed by atoms with Gasteiger partial charge >= 0.3 is 5.97 Å². The van der Waals surface area contributed by atoms with Crippen LogP contribution in [0.15, 0.2) is 42.5 Å². The summed E-state index contributed by atoms with van der Waals surface area (Å²) in [6.07, 6.45) is 0.0623. The molecule has 0 aliphatic heterocycles. The van der Waals surface area contributed by atoms with Crippen LogP contribution in [0.2, 0.25) is 5.02 Å². The molecule has 1 N–H and O–H groups in total. The Bertz CT molecular complexity index is 879.